The second-order valence-electron chi connectivity index (χ2n) is 6.46. The van der Waals surface area contributed by atoms with Crippen LogP contribution in [0.25, 0.3) is 22.4 Å². The van der Waals surface area contributed by atoms with E-state index in [1.165, 1.54) is 10.6 Å². The van der Waals surface area contributed by atoms with Crippen molar-refractivity contribution < 1.29 is 9.32 Å². The van der Waals surface area contributed by atoms with Gasteiger partial charge in [0.1, 0.15) is 6.54 Å². The smallest absolute Gasteiger partial charge is 0.258 e. The summed E-state index contributed by atoms with van der Waals surface area (Å²) in [5, 5.41) is 7.56. The molecule has 1 N–H and O–H groups in total. The van der Waals surface area contributed by atoms with Crippen LogP contribution in [0.4, 0.5) is 0 Å². The fourth-order valence-corrected chi connectivity index (χ4v) is 2.72. The van der Waals surface area contributed by atoms with Gasteiger partial charge in [0, 0.05) is 23.9 Å². The van der Waals surface area contributed by atoms with E-state index in [9.17, 15) is 9.59 Å². The Balaban J connectivity index is 2.09. The molecule has 0 atom stereocenters. The maximum atomic E-state index is 12.7. The van der Waals surface area contributed by atoms with E-state index in [2.05, 4.69) is 15.5 Å². The third kappa shape index (κ3) is 3.51. The van der Waals surface area contributed by atoms with Crippen molar-refractivity contribution in [1.29, 1.82) is 0 Å². The SMILES string of the molecule is CCCNC(=O)Cn1c(=O)cc(-c2nc(C(C)C)no2)c2ccccc21. The van der Waals surface area contributed by atoms with Crippen LogP contribution in [0.1, 0.15) is 38.9 Å². The number of hydrogen-bond acceptors (Lipinski definition) is 5. The van der Waals surface area contributed by atoms with Crippen LogP contribution in [0.5, 0.6) is 0 Å². The fourth-order valence-electron chi connectivity index (χ4n) is 2.72. The number of carbonyl (C=O) groups excluding carboxylic acids is 1. The standard InChI is InChI=1S/C19H22N4O3/c1-4-9-20-16(24)11-23-15-8-6-5-7-13(15)14(10-17(23)25)19-21-18(12(2)3)22-26-19/h5-8,10,12H,4,9,11H2,1-3H3,(H,20,24). The molecule has 0 radical (unpaired) electrons. The average molecular weight is 354 g/mol. The number of rotatable bonds is 6. The molecule has 3 rings (SSSR count). The third-order valence-corrected chi connectivity index (χ3v) is 4.08. The summed E-state index contributed by atoms with van der Waals surface area (Å²) in [6.07, 6.45) is 0.843. The first-order valence-electron chi connectivity index (χ1n) is 8.74. The minimum atomic E-state index is -0.283. The normalized spacial score (nSPS) is 11.2. The number of carbonyl (C=O) groups is 1. The maximum absolute atomic E-state index is 12.7. The van der Waals surface area contributed by atoms with Gasteiger partial charge >= 0.3 is 0 Å². The Kier molecular flexibility index (Phi) is 5.16. The molecule has 7 nitrogen and oxygen atoms in total. The van der Waals surface area contributed by atoms with Crippen LogP contribution in [-0.4, -0.2) is 27.2 Å². The fraction of sp³-hybridized carbons (Fsp3) is 0.368. The van der Waals surface area contributed by atoms with Gasteiger partial charge in [0.05, 0.1) is 11.1 Å². The highest BCUT2D eigenvalue weighted by Gasteiger charge is 2.17. The van der Waals surface area contributed by atoms with Crippen molar-refractivity contribution in [2.24, 2.45) is 0 Å². The van der Waals surface area contributed by atoms with E-state index in [1.807, 2.05) is 45.0 Å². The van der Waals surface area contributed by atoms with Gasteiger partial charge in [-0.3, -0.25) is 14.2 Å². The van der Waals surface area contributed by atoms with Crippen molar-refractivity contribution in [3.8, 4) is 11.5 Å². The molecule has 2 aromatic heterocycles. The summed E-state index contributed by atoms with van der Waals surface area (Å²) in [6, 6.07) is 8.85. The largest absolute Gasteiger partial charge is 0.355 e. The Morgan fingerprint density at radius 2 is 2.08 bits per heavy atom. The number of hydrogen-bond donors (Lipinski definition) is 1. The van der Waals surface area contributed by atoms with E-state index in [-0.39, 0.29) is 23.9 Å². The molecular formula is C19H22N4O3. The summed E-state index contributed by atoms with van der Waals surface area (Å²) in [7, 11) is 0. The van der Waals surface area contributed by atoms with Crippen molar-refractivity contribution in [2.75, 3.05) is 6.54 Å². The first-order valence-corrected chi connectivity index (χ1v) is 8.74. The lowest BCUT2D eigenvalue weighted by Crippen LogP contribution is -2.32. The van der Waals surface area contributed by atoms with Gasteiger partial charge in [-0.25, -0.2) is 0 Å². The summed E-state index contributed by atoms with van der Waals surface area (Å²) < 4.78 is 6.82. The molecule has 0 aliphatic rings. The summed E-state index contributed by atoms with van der Waals surface area (Å²) >= 11 is 0. The summed E-state index contributed by atoms with van der Waals surface area (Å²) in [4.78, 5) is 29.2. The van der Waals surface area contributed by atoms with Gasteiger partial charge in [0.2, 0.25) is 5.91 Å². The van der Waals surface area contributed by atoms with Crippen LogP contribution >= 0.6 is 0 Å². The van der Waals surface area contributed by atoms with Crippen LogP contribution in [-0.2, 0) is 11.3 Å². The lowest BCUT2D eigenvalue weighted by atomic mass is 10.1. The molecule has 0 bridgehead atoms. The zero-order chi connectivity index (χ0) is 18.7. The van der Waals surface area contributed by atoms with E-state index >= 15 is 0 Å². The monoisotopic (exact) mass is 354 g/mol. The van der Waals surface area contributed by atoms with E-state index in [4.69, 9.17) is 4.52 Å². The Hall–Kier alpha value is -2.96. The molecule has 0 spiro atoms. The molecule has 7 heteroatoms. The second kappa shape index (κ2) is 7.51. The van der Waals surface area contributed by atoms with Crippen molar-refractivity contribution in [3.63, 3.8) is 0 Å². The summed E-state index contributed by atoms with van der Waals surface area (Å²) in [6.45, 7) is 6.48. The van der Waals surface area contributed by atoms with Gasteiger partial charge in [-0.1, -0.05) is 44.1 Å². The molecule has 1 aromatic carbocycles. The molecule has 3 aromatic rings. The Bertz CT molecular complexity index is 988. The maximum Gasteiger partial charge on any atom is 0.258 e. The molecule has 26 heavy (non-hydrogen) atoms. The topological polar surface area (TPSA) is 90.0 Å². The minimum absolute atomic E-state index is 0.0271. The number of aromatic nitrogens is 3. The predicted molar refractivity (Wildman–Crippen MR) is 98.9 cm³/mol. The molecular weight excluding hydrogens is 332 g/mol. The Labute approximate surface area is 151 Å². The number of pyridine rings is 1. The molecule has 136 valence electrons. The van der Waals surface area contributed by atoms with Gasteiger partial charge in [-0.2, -0.15) is 4.98 Å². The second-order valence-corrected chi connectivity index (χ2v) is 6.46. The number of benzene rings is 1. The lowest BCUT2D eigenvalue weighted by molar-refractivity contribution is -0.121. The first kappa shape index (κ1) is 17.8. The highest BCUT2D eigenvalue weighted by molar-refractivity contribution is 5.93. The molecule has 0 unspecified atom stereocenters. The molecule has 1 amide bonds. The van der Waals surface area contributed by atoms with E-state index in [0.717, 1.165) is 11.8 Å². The van der Waals surface area contributed by atoms with Crippen LogP contribution in [0, 0.1) is 0 Å². The predicted octanol–water partition coefficient (Wildman–Crippen LogP) is 2.70. The van der Waals surface area contributed by atoms with Crippen LogP contribution in [0.15, 0.2) is 39.6 Å². The molecule has 0 saturated heterocycles. The Morgan fingerprint density at radius 1 is 1.31 bits per heavy atom. The van der Waals surface area contributed by atoms with E-state index in [1.54, 1.807) is 0 Å². The van der Waals surface area contributed by atoms with Crippen LogP contribution in [0.3, 0.4) is 0 Å². The van der Waals surface area contributed by atoms with Gasteiger partial charge in [0.25, 0.3) is 11.4 Å². The third-order valence-electron chi connectivity index (χ3n) is 4.08. The number of para-hydroxylation sites is 1. The van der Waals surface area contributed by atoms with Crippen LogP contribution < -0.4 is 10.9 Å². The summed E-state index contributed by atoms with van der Waals surface area (Å²) in [5.41, 5.74) is 0.954. The number of fused-ring (bicyclic) bond motifs is 1. The van der Waals surface area contributed by atoms with Gasteiger partial charge in [-0.15, -0.1) is 0 Å². The number of amides is 1. The number of nitrogens with zero attached hydrogens (tertiary/aromatic N) is 3. The quantitative estimate of drug-likeness (QED) is 0.735. The van der Waals surface area contributed by atoms with Crippen LogP contribution in [0.2, 0.25) is 0 Å². The highest BCUT2D eigenvalue weighted by atomic mass is 16.5. The molecule has 0 saturated carbocycles. The van der Waals surface area contributed by atoms with Crippen molar-refractivity contribution in [2.45, 2.75) is 39.7 Å². The minimum Gasteiger partial charge on any atom is -0.355 e. The zero-order valence-corrected chi connectivity index (χ0v) is 15.2. The van der Waals surface area contributed by atoms with Crippen molar-refractivity contribution in [1.82, 2.24) is 20.0 Å². The van der Waals surface area contributed by atoms with Gasteiger partial charge < -0.3 is 9.84 Å². The Morgan fingerprint density at radius 3 is 2.77 bits per heavy atom. The summed E-state index contributed by atoms with van der Waals surface area (Å²) in [5.74, 6) is 0.838. The molecule has 0 aliphatic carbocycles. The first-order chi connectivity index (χ1) is 12.5. The van der Waals surface area contributed by atoms with Crippen molar-refractivity contribution in [3.05, 3.63) is 46.5 Å². The van der Waals surface area contributed by atoms with Crippen molar-refractivity contribution >= 4 is 16.8 Å². The molecule has 2 heterocycles. The van der Waals surface area contributed by atoms with E-state index < -0.39 is 0 Å². The molecule has 0 fully saturated rings. The number of nitrogens with one attached hydrogen (secondary N) is 1. The van der Waals surface area contributed by atoms with Gasteiger partial charge in [-0.05, 0) is 12.5 Å². The zero-order valence-electron chi connectivity index (χ0n) is 15.2. The molecule has 0 aliphatic heterocycles. The lowest BCUT2D eigenvalue weighted by Gasteiger charge is -2.12. The average Bonchev–Trinajstić information content (AvgIpc) is 3.12. The van der Waals surface area contributed by atoms with Gasteiger partial charge in [0.15, 0.2) is 5.82 Å². The van der Waals surface area contributed by atoms with E-state index in [0.29, 0.717) is 29.3 Å². The highest BCUT2D eigenvalue weighted by Crippen LogP contribution is 2.27.